The summed E-state index contributed by atoms with van der Waals surface area (Å²) in [4.78, 5) is 49.8. The minimum Gasteiger partial charge on any atom is -0.367 e. The van der Waals surface area contributed by atoms with Crippen LogP contribution >= 0.6 is 0 Å². The van der Waals surface area contributed by atoms with Gasteiger partial charge in [0.15, 0.2) is 0 Å². The lowest BCUT2D eigenvalue weighted by molar-refractivity contribution is -0.194. The molecule has 2 heterocycles. The Bertz CT molecular complexity index is 1220. The zero-order valence-corrected chi connectivity index (χ0v) is 18.5. The number of hydrogen-bond acceptors (Lipinski definition) is 4. The average Bonchev–Trinajstić information content (AvgIpc) is 3.28. The molecule has 3 amide bonds. The molecule has 12 heteroatoms. The Labute approximate surface area is 191 Å². The van der Waals surface area contributed by atoms with Crippen molar-refractivity contribution in [3.8, 4) is 0 Å². The van der Waals surface area contributed by atoms with E-state index in [4.69, 9.17) is 5.73 Å². The van der Waals surface area contributed by atoms with Crippen LogP contribution in [0.15, 0.2) is 18.2 Å². The summed E-state index contributed by atoms with van der Waals surface area (Å²) in [5.41, 5.74) is 2.24. The van der Waals surface area contributed by atoms with Gasteiger partial charge in [0, 0.05) is 17.9 Å². The highest BCUT2D eigenvalue weighted by Gasteiger charge is 2.57. The van der Waals surface area contributed by atoms with Crippen molar-refractivity contribution >= 4 is 29.2 Å². The molecule has 182 valence electrons. The molecular weight excluding hydrogens is 460 g/mol. The SMILES string of the molecule is Cc1cc(NC(=O)c2c(C)c(C(=O)C(=O)N[C@@](C)(C(N)=O)C(F)(F)F)c3n2CCC3)ccc1F. The molecule has 3 rings (SSSR count). The molecule has 8 nitrogen and oxygen atoms in total. The Morgan fingerprint density at radius 3 is 2.32 bits per heavy atom. The van der Waals surface area contributed by atoms with E-state index in [9.17, 15) is 36.7 Å². The van der Waals surface area contributed by atoms with Crippen LogP contribution in [0.2, 0.25) is 0 Å². The van der Waals surface area contributed by atoms with E-state index in [-0.39, 0.29) is 16.8 Å². The summed E-state index contributed by atoms with van der Waals surface area (Å²) in [6, 6.07) is 3.94. The quantitative estimate of drug-likeness (QED) is 0.333. The number of nitrogens with zero attached hydrogens (tertiary/aromatic N) is 1. The van der Waals surface area contributed by atoms with E-state index >= 15 is 0 Å². The van der Waals surface area contributed by atoms with Gasteiger partial charge >= 0.3 is 6.18 Å². The summed E-state index contributed by atoms with van der Waals surface area (Å²) in [7, 11) is 0. The summed E-state index contributed by atoms with van der Waals surface area (Å²) < 4.78 is 55.1. The van der Waals surface area contributed by atoms with Crippen LogP contribution in [-0.4, -0.2) is 39.8 Å². The molecule has 1 aliphatic rings. The first kappa shape index (κ1) is 24.9. The second kappa shape index (κ2) is 8.58. The van der Waals surface area contributed by atoms with Crippen molar-refractivity contribution in [2.45, 2.75) is 51.9 Å². The number of benzene rings is 1. The second-order valence-electron chi connectivity index (χ2n) is 8.24. The number of Topliss-reactive ketones (excluding diaryl/α,β-unsaturated/α-hetero) is 1. The zero-order chi connectivity index (χ0) is 25.6. The summed E-state index contributed by atoms with van der Waals surface area (Å²) in [6.07, 6.45) is -4.40. The van der Waals surface area contributed by atoms with Crippen molar-refractivity contribution < 1.29 is 36.7 Å². The summed E-state index contributed by atoms with van der Waals surface area (Å²) in [5, 5.41) is 4.01. The normalized spacial score (nSPS) is 14.8. The lowest BCUT2D eigenvalue weighted by Crippen LogP contribution is -2.65. The van der Waals surface area contributed by atoms with Gasteiger partial charge in [-0.3, -0.25) is 19.2 Å². The van der Waals surface area contributed by atoms with Gasteiger partial charge in [0.2, 0.25) is 5.54 Å². The standard InChI is InChI=1S/C22H22F4N4O4/c1-10-9-12(6-7-13(10)23)28-18(32)16-11(2)15(14-5-4-8-30(14)16)17(31)19(33)29-21(3,20(27)34)22(24,25)26/h6-7,9H,4-5,8H2,1-3H3,(H2,27,34)(H,28,32)(H,29,33)/t21-/m0/s1. The van der Waals surface area contributed by atoms with Crippen LogP contribution in [0.3, 0.4) is 0 Å². The first-order valence-corrected chi connectivity index (χ1v) is 10.2. The van der Waals surface area contributed by atoms with Gasteiger partial charge in [-0.2, -0.15) is 13.2 Å². The van der Waals surface area contributed by atoms with Crippen LogP contribution < -0.4 is 16.4 Å². The van der Waals surface area contributed by atoms with Crippen LogP contribution in [0.1, 0.15) is 51.0 Å². The number of carbonyl (C=O) groups is 4. The maximum atomic E-state index is 13.5. The minimum absolute atomic E-state index is 0.0547. The first-order valence-electron chi connectivity index (χ1n) is 10.2. The van der Waals surface area contributed by atoms with Gasteiger partial charge < -0.3 is 20.9 Å². The number of fused-ring (bicyclic) bond motifs is 1. The largest absolute Gasteiger partial charge is 0.420 e. The van der Waals surface area contributed by atoms with Crippen molar-refractivity contribution in [1.29, 1.82) is 0 Å². The number of carbonyl (C=O) groups excluding carboxylic acids is 4. The molecule has 4 N–H and O–H groups in total. The third-order valence-electron chi connectivity index (χ3n) is 5.90. The minimum atomic E-state index is -5.25. The number of hydrogen-bond donors (Lipinski definition) is 3. The number of primary amides is 1. The van der Waals surface area contributed by atoms with Gasteiger partial charge in [0.1, 0.15) is 11.5 Å². The molecule has 0 saturated heterocycles. The number of nitrogens with one attached hydrogen (secondary N) is 2. The predicted octanol–water partition coefficient (Wildman–Crippen LogP) is 2.55. The van der Waals surface area contributed by atoms with Crippen LogP contribution in [0.25, 0.3) is 0 Å². The van der Waals surface area contributed by atoms with E-state index in [1.54, 1.807) is 0 Å². The fourth-order valence-corrected chi connectivity index (χ4v) is 3.90. The molecule has 0 aliphatic carbocycles. The maximum absolute atomic E-state index is 13.5. The molecule has 1 aromatic carbocycles. The van der Waals surface area contributed by atoms with Gasteiger partial charge in [0.05, 0.1) is 5.56 Å². The molecule has 34 heavy (non-hydrogen) atoms. The fraction of sp³-hybridized carbons (Fsp3) is 0.364. The monoisotopic (exact) mass is 482 g/mol. The number of halogens is 4. The van der Waals surface area contributed by atoms with Crippen LogP contribution in [-0.2, 0) is 22.6 Å². The van der Waals surface area contributed by atoms with Crippen molar-refractivity contribution in [1.82, 2.24) is 9.88 Å². The number of aromatic nitrogens is 1. The number of anilines is 1. The fourth-order valence-electron chi connectivity index (χ4n) is 3.90. The maximum Gasteiger partial charge on any atom is 0.420 e. The van der Waals surface area contributed by atoms with Gasteiger partial charge in [-0.1, -0.05) is 0 Å². The van der Waals surface area contributed by atoms with E-state index in [0.717, 1.165) is 0 Å². The summed E-state index contributed by atoms with van der Waals surface area (Å²) >= 11 is 0. The number of nitrogens with two attached hydrogens (primary N) is 1. The van der Waals surface area contributed by atoms with Crippen molar-refractivity contribution in [3.63, 3.8) is 0 Å². The van der Waals surface area contributed by atoms with Crippen LogP contribution in [0.5, 0.6) is 0 Å². The van der Waals surface area contributed by atoms with Gasteiger partial charge in [-0.25, -0.2) is 4.39 Å². The lowest BCUT2D eigenvalue weighted by atomic mass is 9.98. The highest BCUT2D eigenvalue weighted by molar-refractivity contribution is 6.44. The summed E-state index contributed by atoms with van der Waals surface area (Å²) in [5.74, 6) is -5.98. The smallest absolute Gasteiger partial charge is 0.367 e. The Balaban J connectivity index is 1.96. The number of alkyl halides is 3. The predicted molar refractivity (Wildman–Crippen MR) is 113 cm³/mol. The van der Waals surface area contributed by atoms with Gasteiger partial charge in [0.25, 0.3) is 23.5 Å². The van der Waals surface area contributed by atoms with E-state index in [1.807, 2.05) is 0 Å². The van der Waals surface area contributed by atoms with Crippen LogP contribution in [0.4, 0.5) is 23.2 Å². The van der Waals surface area contributed by atoms with Gasteiger partial charge in [-0.05, 0) is 62.9 Å². The Kier molecular flexibility index (Phi) is 6.29. The number of aryl methyl sites for hydroxylation is 1. The van der Waals surface area contributed by atoms with Crippen molar-refractivity contribution in [2.75, 3.05) is 5.32 Å². The van der Waals surface area contributed by atoms with E-state index in [1.165, 1.54) is 41.9 Å². The molecule has 0 saturated carbocycles. The molecule has 1 aromatic heterocycles. The van der Waals surface area contributed by atoms with E-state index < -0.39 is 41.0 Å². The number of rotatable bonds is 6. The van der Waals surface area contributed by atoms with Crippen molar-refractivity contribution in [3.05, 3.63) is 52.1 Å². The molecule has 0 bridgehead atoms. The van der Waals surface area contributed by atoms with Crippen molar-refractivity contribution in [2.24, 2.45) is 5.73 Å². The highest BCUT2D eigenvalue weighted by atomic mass is 19.4. The number of ketones is 1. The average molecular weight is 482 g/mol. The molecular formula is C22H22F4N4O4. The molecule has 2 aromatic rings. The first-order chi connectivity index (χ1) is 15.7. The third-order valence-corrected chi connectivity index (χ3v) is 5.90. The third kappa shape index (κ3) is 4.15. The second-order valence-corrected chi connectivity index (χ2v) is 8.24. The van der Waals surface area contributed by atoms with Gasteiger partial charge in [-0.15, -0.1) is 0 Å². The number of amides is 3. The Morgan fingerprint density at radius 1 is 1.12 bits per heavy atom. The molecule has 0 unspecified atom stereocenters. The molecule has 1 aliphatic heterocycles. The molecule has 0 fully saturated rings. The molecule has 0 radical (unpaired) electrons. The lowest BCUT2D eigenvalue weighted by Gasteiger charge is -2.29. The Hall–Kier alpha value is -3.70. The van der Waals surface area contributed by atoms with E-state index in [2.05, 4.69) is 5.32 Å². The van der Waals surface area contributed by atoms with Crippen LogP contribution in [0, 0.1) is 19.7 Å². The molecule has 0 spiro atoms. The topological polar surface area (TPSA) is 123 Å². The highest BCUT2D eigenvalue weighted by Crippen LogP contribution is 2.32. The Morgan fingerprint density at radius 2 is 1.76 bits per heavy atom. The summed E-state index contributed by atoms with van der Waals surface area (Å²) in [6.45, 7) is 3.62. The zero-order valence-electron chi connectivity index (χ0n) is 18.5. The van der Waals surface area contributed by atoms with E-state index in [0.29, 0.717) is 43.3 Å². The molecule has 1 atom stereocenters.